The predicted molar refractivity (Wildman–Crippen MR) is 127 cm³/mol. The third-order valence-corrected chi connectivity index (χ3v) is 6.31. The van der Waals surface area contributed by atoms with Gasteiger partial charge in [0.1, 0.15) is 10.7 Å². The van der Waals surface area contributed by atoms with E-state index in [0.29, 0.717) is 33.5 Å². The topological polar surface area (TPSA) is 100 Å². The first-order valence-corrected chi connectivity index (χ1v) is 11.6. The monoisotopic (exact) mass is 454 g/mol. The number of hydrogen-bond donors (Lipinski definition) is 2. The van der Waals surface area contributed by atoms with Crippen LogP contribution in [-0.2, 0) is 10.1 Å². The van der Waals surface area contributed by atoms with Crippen LogP contribution in [0.25, 0.3) is 33.5 Å². The van der Waals surface area contributed by atoms with E-state index in [9.17, 15) is 17.8 Å². The fraction of sp³-hybridized carbons (Fsp3) is 0. The minimum absolute atomic E-state index is 0.138. The zero-order valence-corrected chi connectivity index (χ0v) is 18.1. The van der Waals surface area contributed by atoms with E-state index in [0.717, 1.165) is 5.56 Å². The zero-order chi connectivity index (χ0) is 23.0. The molecule has 7 heteroatoms. The van der Waals surface area contributed by atoms with Crippen LogP contribution in [0, 0.1) is 0 Å². The van der Waals surface area contributed by atoms with Crippen LogP contribution in [-0.4, -0.2) is 28.7 Å². The first-order chi connectivity index (χ1) is 15.9. The van der Waals surface area contributed by atoms with Gasteiger partial charge in [0, 0.05) is 22.3 Å². The lowest BCUT2D eigenvalue weighted by molar-refractivity contribution is 0.103. The van der Waals surface area contributed by atoms with Crippen molar-refractivity contribution in [2.75, 3.05) is 0 Å². The molecule has 2 N–H and O–H groups in total. The Morgan fingerprint density at radius 1 is 0.727 bits per heavy atom. The molecule has 0 aliphatic heterocycles. The van der Waals surface area contributed by atoms with Gasteiger partial charge in [0.15, 0.2) is 5.78 Å². The second-order valence-electron chi connectivity index (χ2n) is 7.53. The van der Waals surface area contributed by atoms with Crippen molar-refractivity contribution in [3.63, 3.8) is 0 Å². The van der Waals surface area contributed by atoms with Crippen LogP contribution in [0.4, 0.5) is 0 Å². The largest absolute Gasteiger partial charge is 0.338 e. The first-order valence-electron chi connectivity index (χ1n) is 10.2. The highest BCUT2D eigenvalue weighted by atomic mass is 32.2. The van der Waals surface area contributed by atoms with E-state index in [1.165, 1.54) is 6.07 Å². The van der Waals surface area contributed by atoms with E-state index in [1.807, 2.05) is 36.4 Å². The number of ketones is 1. The Bertz CT molecular complexity index is 1570. The van der Waals surface area contributed by atoms with Gasteiger partial charge in [-0.05, 0) is 17.7 Å². The first kappa shape index (κ1) is 20.8. The van der Waals surface area contributed by atoms with Crippen molar-refractivity contribution in [1.29, 1.82) is 0 Å². The molecular formula is C26H18N2O4S. The minimum Gasteiger partial charge on any atom is -0.338 e. The van der Waals surface area contributed by atoms with Crippen molar-refractivity contribution in [3.8, 4) is 22.5 Å². The fourth-order valence-electron chi connectivity index (χ4n) is 3.83. The number of fused-ring (bicyclic) bond motifs is 1. The molecule has 1 aromatic heterocycles. The molecular weight excluding hydrogens is 436 g/mol. The van der Waals surface area contributed by atoms with Crippen molar-refractivity contribution in [3.05, 3.63) is 108 Å². The Labute approximate surface area is 190 Å². The summed E-state index contributed by atoms with van der Waals surface area (Å²) in [5.41, 5.74) is 3.70. The lowest BCUT2D eigenvalue weighted by atomic mass is 9.98. The van der Waals surface area contributed by atoms with Crippen LogP contribution in [0.1, 0.15) is 15.9 Å². The number of benzene rings is 4. The molecule has 0 atom stereocenters. The Kier molecular flexibility index (Phi) is 5.12. The molecule has 0 radical (unpaired) electrons. The second kappa shape index (κ2) is 8.12. The third-order valence-electron chi connectivity index (χ3n) is 5.41. The lowest BCUT2D eigenvalue weighted by Gasteiger charge is -2.09. The van der Waals surface area contributed by atoms with Crippen molar-refractivity contribution < 1.29 is 17.8 Å². The van der Waals surface area contributed by atoms with Gasteiger partial charge < -0.3 is 4.98 Å². The summed E-state index contributed by atoms with van der Waals surface area (Å²) in [6.07, 6.45) is 0. The van der Waals surface area contributed by atoms with Gasteiger partial charge in [0.2, 0.25) is 0 Å². The van der Waals surface area contributed by atoms with E-state index in [-0.39, 0.29) is 16.2 Å². The molecule has 5 aromatic rings. The molecule has 0 aliphatic carbocycles. The average molecular weight is 455 g/mol. The van der Waals surface area contributed by atoms with Crippen LogP contribution in [0.2, 0.25) is 0 Å². The molecule has 1 heterocycles. The Balaban J connectivity index is 1.66. The highest BCUT2D eigenvalue weighted by Gasteiger charge is 2.22. The fourth-order valence-corrected chi connectivity index (χ4v) is 4.54. The predicted octanol–water partition coefficient (Wildman–Crippen LogP) is 5.37. The number of imidazole rings is 1. The van der Waals surface area contributed by atoms with Gasteiger partial charge in [-0.2, -0.15) is 8.42 Å². The van der Waals surface area contributed by atoms with Crippen molar-refractivity contribution in [2.24, 2.45) is 0 Å². The molecule has 33 heavy (non-hydrogen) atoms. The highest BCUT2D eigenvalue weighted by molar-refractivity contribution is 7.86. The third kappa shape index (κ3) is 3.95. The maximum atomic E-state index is 12.7. The molecule has 0 unspecified atom stereocenters. The number of carbonyl (C=O) groups excluding carboxylic acids is 1. The van der Waals surface area contributed by atoms with E-state index in [1.54, 1.807) is 54.6 Å². The van der Waals surface area contributed by atoms with Gasteiger partial charge in [-0.1, -0.05) is 84.9 Å². The maximum absolute atomic E-state index is 12.7. The highest BCUT2D eigenvalue weighted by Crippen LogP contribution is 2.35. The number of H-pyrrole nitrogens is 1. The maximum Gasteiger partial charge on any atom is 0.295 e. The summed E-state index contributed by atoms with van der Waals surface area (Å²) in [6.45, 7) is 0. The number of hydrogen-bond acceptors (Lipinski definition) is 4. The molecule has 0 saturated heterocycles. The molecule has 0 bridgehead atoms. The molecule has 0 fully saturated rings. The summed E-state index contributed by atoms with van der Waals surface area (Å²) in [5, 5.41) is 0. The summed E-state index contributed by atoms with van der Waals surface area (Å²) >= 11 is 0. The number of nitrogens with zero attached hydrogens (tertiary/aromatic N) is 1. The van der Waals surface area contributed by atoms with Crippen LogP contribution >= 0.6 is 0 Å². The lowest BCUT2D eigenvalue weighted by Crippen LogP contribution is -2.03. The summed E-state index contributed by atoms with van der Waals surface area (Å²) in [4.78, 5) is 20.3. The minimum atomic E-state index is -4.52. The van der Waals surface area contributed by atoms with Gasteiger partial charge in [-0.25, -0.2) is 4.98 Å². The summed E-state index contributed by atoms with van der Waals surface area (Å²) in [6, 6.07) is 27.9. The van der Waals surface area contributed by atoms with Gasteiger partial charge in [0.25, 0.3) is 10.1 Å². The molecule has 0 saturated carbocycles. The van der Waals surface area contributed by atoms with Gasteiger partial charge >= 0.3 is 0 Å². The van der Waals surface area contributed by atoms with Crippen LogP contribution < -0.4 is 0 Å². The summed E-state index contributed by atoms with van der Waals surface area (Å²) in [5.74, 6) is 0.441. The van der Waals surface area contributed by atoms with Gasteiger partial charge in [-0.3, -0.25) is 9.35 Å². The van der Waals surface area contributed by atoms with E-state index in [4.69, 9.17) is 0 Å². The van der Waals surface area contributed by atoms with Crippen molar-refractivity contribution >= 4 is 26.9 Å². The summed E-state index contributed by atoms with van der Waals surface area (Å²) < 4.78 is 34.2. The smallest absolute Gasteiger partial charge is 0.295 e. The quantitative estimate of drug-likeness (QED) is 0.275. The van der Waals surface area contributed by atoms with Crippen molar-refractivity contribution in [1.82, 2.24) is 9.97 Å². The molecule has 4 aromatic carbocycles. The molecule has 6 nitrogen and oxygen atoms in total. The SMILES string of the molecule is O=C(c1ccccc1)c1ccc(-c2c(S(=O)(=O)O)ccc3[nH]c(-c4ccccc4)nc23)cc1. The Morgan fingerprint density at radius 2 is 1.33 bits per heavy atom. The van der Waals surface area contributed by atoms with Crippen LogP contribution in [0.3, 0.4) is 0 Å². The van der Waals surface area contributed by atoms with E-state index in [2.05, 4.69) is 9.97 Å². The second-order valence-corrected chi connectivity index (χ2v) is 8.92. The number of rotatable bonds is 5. The number of aromatic nitrogens is 2. The molecule has 5 rings (SSSR count). The van der Waals surface area contributed by atoms with E-state index < -0.39 is 10.1 Å². The molecule has 162 valence electrons. The Morgan fingerprint density at radius 3 is 1.97 bits per heavy atom. The molecule has 0 amide bonds. The number of aromatic amines is 1. The summed E-state index contributed by atoms with van der Waals surface area (Å²) in [7, 11) is -4.52. The Hall–Kier alpha value is -4.07. The molecule has 0 spiro atoms. The average Bonchev–Trinajstić information content (AvgIpc) is 3.28. The number of nitrogens with one attached hydrogen (secondary N) is 1. The molecule has 0 aliphatic rings. The standard InChI is InChI=1S/C26H18N2O4S/c29-25(18-7-3-1-4-8-18)19-13-11-17(12-14-19)23-22(33(30,31)32)16-15-21-24(23)28-26(27-21)20-9-5-2-6-10-20/h1-16H,(H,27,28)(H,30,31,32). The number of carbonyl (C=O) groups is 1. The van der Waals surface area contributed by atoms with E-state index >= 15 is 0 Å². The van der Waals surface area contributed by atoms with Crippen LogP contribution in [0.15, 0.2) is 102 Å². The van der Waals surface area contributed by atoms with Gasteiger partial charge in [-0.15, -0.1) is 0 Å². The van der Waals surface area contributed by atoms with Crippen molar-refractivity contribution in [2.45, 2.75) is 4.90 Å². The normalized spacial score (nSPS) is 11.5. The van der Waals surface area contributed by atoms with Crippen LogP contribution in [0.5, 0.6) is 0 Å². The zero-order valence-electron chi connectivity index (χ0n) is 17.3. The van der Waals surface area contributed by atoms with Gasteiger partial charge in [0.05, 0.1) is 11.0 Å².